The summed E-state index contributed by atoms with van der Waals surface area (Å²) in [6, 6.07) is 20.7. The number of fused-ring (bicyclic) bond motifs is 1. The lowest BCUT2D eigenvalue weighted by atomic mass is 10.1. The number of carbonyl (C=O) groups excluding carboxylic acids is 2. The number of amides is 2. The van der Waals surface area contributed by atoms with Crippen molar-refractivity contribution >= 4 is 17.5 Å². The number of hydrogen-bond donors (Lipinski definition) is 1. The van der Waals surface area contributed by atoms with Crippen LogP contribution in [0.4, 0.5) is 5.69 Å². The van der Waals surface area contributed by atoms with Crippen LogP contribution in [0, 0.1) is 0 Å². The summed E-state index contributed by atoms with van der Waals surface area (Å²) in [5.74, 6) is 1.20. The fourth-order valence-electron chi connectivity index (χ4n) is 3.76. The molecule has 0 saturated heterocycles. The van der Waals surface area contributed by atoms with Crippen LogP contribution in [0.1, 0.15) is 27.0 Å². The summed E-state index contributed by atoms with van der Waals surface area (Å²) in [6.07, 6.45) is 0.299. The molecule has 3 aromatic carbocycles. The molecule has 1 heterocycles. The highest BCUT2D eigenvalue weighted by atomic mass is 16.5. The van der Waals surface area contributed by atoms with Crippen molar-refractivity contribution < 1.29 is 19.1 Å². The van der Waals surface area contributed by atoms with Crippen molar-refractivity contribution in [3.63, 3.8) is 0 Å². The van der Waals surface area contributed by atoms with E-state index in [0.717, 1.165) is 22.4 Å². The monoisotopic (exact) mass is 416 g/mol. The largest absolute Gasteiger partial charge is 0.497 e. The molecule has 0 bridgehead atoms. The van der Waals surface area contributed by atoms with Crippen molar-refractivity contribution in [1.82, 2.24) is 5.32 Å². The van der Waals surface area contributed by atoms with Crippen LogP contribution >= 0.6 is 0 Å². The van der Waals surface area contributed by atoms with Gasteiger partial charge in [-0.15, -0.1) is 0 Å². The van der Waals surface area contributed by atoms with Crippen LogP contribution in [-0.4, -0.2) is 26.0 Å². The fraction of sp³-hybridized carbons (Fsp3) is 0.200. The van der Waals surface area contributed by atoms with Crippen LogP contribution in [0.3, 0.4) is 0 Å². The first-order valence-electron chi connectivity index (χ1n) is 10.1. The van der Waals surface area contributed by atoms with Crippen LogP contribution < -0.4 is 19.7 Å². The molecule has 0 atom stereocenters. The Morgan fingerprint density at radius 3 is 2.55 bits per heavy atom. The number of ether oxygens (including phenoxy) is 2. The normalized spacial score (nSPS) is 12.5. The molecule has 0 fully saturated rings. The van der Waals surface area contributed by atoms with E-state index in [1.165, 1.54) is 0 Å². The van der Waals surface area contributed by atoms with Gasteiger partial charge in [-0.05, 0) is 47.5 Å². The number of hydrogen-bond acceptors (Lipinski definition) is 4. The first-order chi connectivity index (χ1) is 15.1. The summed E-state index contributed by atoms with van der Waals surface area (Å²) in [5.41, 5.74) is 4.14. The number of nitrogens with one attached hydrogen (secondary N) is 1. The zero-order valence-corrected chi connectivity index (χ0v) is 17.6. The molecule has 158 valence electrons. The first-order valence-corrected chi connectivity index (χ1v) is 10.1. The molecule has 2 amide bonds. The standard InChI is InChI=1S/C25H24N2O4/c1-30-21-9-11-23(31-2)20(13-21)15-26-25(29)18-8-10-22-19(12-18)14-24(28)27(22)16-17-6-4-3-5-7-17/h3-13H,14-16H2,1-2H3,(H,26,29). The maximum absolute atomic E-state index is 12.7. The first kappa shape index (κ1) is 20.5. The number of anilines is 1. The van der Waals surface area contributed by atoms with Gasteiger partial charge in [0.2, 0.25) is 5.91 Å². The van der Waals surface area contributed by atoms with E-state index in [0.29, 0.717) is 36.6 Å². The Kier molecular flexibility index (Phi) is 5.89. The van der Waals surface area contributed by atoms with E-state index >= 15 is 0 Å². The van der Waals surface area contributed by atoms with Crippen molar-refractivity contribution in [2.24, 2.45) is 0 Å². The average Bonchev–Trinajstić information content (AvgIpc) is 3.12. The molecule has 0 saturated carbocycles. The maximum atomic E-state index is 12.7. The summed E-state index contributed by atoms with van der Waals surface area (Å²) in [5, 5.41) is 2.92. The molecule has 6 heteroatoms. The van der Waals surface area contributed by atoms with Gasteiger partial charge in [-0.25, -0.2) is 0 Å². The van der Waals surface area contributed by atoms with Crippen LogP contribution in [0.2, 0.25) is 0 Å². The van der Waals surface area contributed by atoms with E-state index in [2.05, 4.69) is 5.32 Å². The van der Waals surface area contributed by atoms with Crippen molar-refractivity contribution in [3.05, 3.63) is 89.0 Å². The molecule has 4 rings (SSSR count). The molecule has 0 aromatic heterocycles. The Balaban J connectivity index is 1.48. The minimum absolute atomic E-state index is 0.0394. The molecule has 6 nitrogen and oxygen atoms in total. The van der Waals surface area contributed by atoms with Crippen LogP contribution in [0.15, 0.2) is 66.7 Å². The molecular formula is C25H24N2O4. The van der Waals surface area contributed by atoms with Gasteiger partial charge >= 0.3 is 0 Å². The predicted octanol–water partition coefficient (Wildman–Crippen LogP) is 3.72. The minimum atomic E-state index is -0.207. The van der Waals surface area contributed by atoms with E-state index in [-0.39, 0.29) is 11.8 Å². The molecule has 1 aliphatic rings. The van der Waals surface area contributed by atoms with Gasteiger partial charge in [-0.3, -0.25) is 9.59 Å². The van der Waals surface area contributed by atoms with E-state index in [4.69, 9.17) is 9.47 Å². The van der Waals surface area contributed by atoms with Crippen LogP contribution in [-0.2, 0) is 24.3 Å². The van der Waals surface area contributed by atoms with Gasteiger partial charge in [0.25, 0.3) is 5.91 Å². The van der Waals surface area contributed by atoms with Gasteiger partial charge in [0.1, 0.15) is 11.5 Å². The third kappa shape index (κ3) is 4.38. The Hall–Kier alpha value is -3.80. The molecule has 0 aliphatic carbocycles. The Morgan fingerprint density at radius 1 is 1.00 bits per heavy atom. The van der Waals surface area contributed by atoms with Crippen LogP contribution in [0.5, 0.6) is 11.5 Å². The lowest BCUT2D eigenvalue weighted by Crippen LogP contribution is -2.26. The summed E-state index contributed by atoms with van der Waals surface area (Å²) < 4.78 is 10.6. The molecular weight excluding hydrogens is 392 g/mol. The van der Waals surface area contributed by atoms with Gasteiger partial charge in [-0.2, -0.15) is 0 Å². The van der Waals surface area contributed by atoms with E-state index < -0.39 is 0 Å². The lowest BCUT2D eigenvalue weighted by molar-refractivity contribution is -0.117. The highest BCUT2D eigenvalue weighted by Crippen LogP contribution is 2.31. The molecule has 1 N–H and O–H groups in total. The zero-order chi connectivity index (χ0) is 21.8. The summed E-state index contributed by atoms with van der Waals surface area (Å²) >= 11 is 0. The second-order valence-electron chi connectivity index (χ2n) is 7.35. The summed E-state index contributed by atoms with van der Waals surface area (Å²) in [6.45, 7) is 0.823. The van der Waals surface area contributed by atoms with Crippen LogP contribution in [0.25, 0.3) is 0 Å². The van der Waals surface area contributed by atoms with Gasteiger partial charge in [-0.1, -0.05) is 30.3 Å². The number of benzene rings is 3. The Morgan fingerprint density at radius 2 is 1.81 bits per heavy atom. The maximum Gasteiger partial charge on any atom is 0.251 e. The third-order valence-corrected chi connectivity index (χ3v) is 5.39. The van der Waals surface area contributed by atoms with Gasteiger partial charge in [0.15, 0.2) is 0 Å². The molecule has 0 spiro atoms. The molecule has 1 aliphatic heterocycles. The average molecular weight is 416 g/mol. The lowest BCUT2D eigenvalue weighted by Gasteiger charge is -2.18. The van der Waals surface area contributed by atoms with E-state index in [1.807, 2.05) is 54.6 Å². The third-order valence-electron chi connectivity index (χ3n) is 5.39. The van der Waals surface area contributed by atoms with Gasteiger partial charge in [0.05, 0.1) is 27.2 Å². The number of rotatable bonds is 7. The Labute approximate surface area is 181 Å². The molecule has 0 radical (unpaired) electrons. The predicted molar refractivity (Wildman–Crippen MR) is 118 cm³/mol. The summed E-state index contributed by atoms with van der Waals surface area (Å²) in [7, 11) is 3.18. The molecule has 3 aromatic rings. The minimum Gasteiger partial charge on any atom is -0.497 e. The topological polar surface area (TPSA) is 67.9 Å². The van der Waals surface area contributed by atoms with Gasteiger partial charge < -0.3 is 19.7 Å². The molecule has 0 unspecified atom stereocenters. The quantitative estimate of drug-likeness (QED) is 0.637. The van der Waals surface area contributed by atoms with Crippen molar-refractivity contribution in [3.8, 4) is 11.5 Å². The Bertz CT molecular complexity index is 1110. The SMILES string of the molecule is COc1ccc(OC)c(CNC(=O)c2ccc3c(c2)CC(=O)N3Cc2ccccc2)c1. The summed E-state index contributed by atoms with van der Waals surface area (Å²) in [4.78, 5) is 27.1. The highest BCUT2D eigenvalue weighted by Gasteiger charge is 2.28. The smallest absolute Gasteiger partial charge is 0.251 e. The molecule has 31 heavy (non-hydrogen) atoms. The number of carbonyl (C=O) groups is 2. The second-order valence-corrected chi connectivity index (χ2v) is 7.35. The van der Waals surface area contributed by atoms with E-state index in [1.54, 1.807) is 31.3 Å². The zero-order valence-electron chi connectivity index (χ0n) is 17.6. The second kappa shape index (κ2) is 8.92. The van der Waals surface area contributed by atoms with Crippen molar-refractivity contribution in [1.29, 1.82) is 0 Å². The van der Waals surface area contributed by atoms with Crippen molar-refractivity contribution in [2.45, 2.75) is 19.5 Å². The number of methoxy groups -OCH3 is 2. The van der Waals surface area contributed by atoms with Crippen molar-refractivity contribution in [2.75, 3.05) is 19.1 Å². The fourth-order valence-corrected chi connectivity index (χ4v) is 3.76. The number of nitrogens with zero attached hydrogens (tertiary/aromatic N) is 1. The highest BCUT2D eigenvalue weighted by molar-refractivity contribution is 6.03. The van der Waals surface area contributed by atoms with Gasteiger partial charge in [0, 0.05) is 23.4 Å². The van der Waals surface area contributed by atoms with E-state index in [9.17, 15) is 9.59 Å².